The third-order valence-corrected chi connectivity index (χ3v) is 5.21. The summed E-state index contributed by atoms with van der Waals surface area (Å²) in [6.07, 6.45) is 0. The summed E-state index contributed by atoms with van der Waals surface area (Å²) in [4.78, 5) is 39.4. The van der Waals surface area contributed by atoms with Gasteiger partial charge in [-0.1, -0.05) is 35.9 Å². The van der Waals surface area contributed by atoms with Crippen LogP contribution in [-0.2, 0) is 14.4 Å². The van der Waals surface area contributed by atoms with Crippen LogP contribution in [0.5, 0.6) is 5.75 Å². The number of imide groups is 1. The number of aryl methyl sites for hydroxylation is 1. The first kappa shape index (κ1) is 21.8. The maximum atomic E-state index is 13.5. The van der Waals surface area contributed by atoms with Crippen LogP contribution in [0.2, 0.25) is 0 Å². The average molecular weight is 441 g/mol. The van der Waals surface area contributed by atoms with E-state index < -0.39 is 11.8 Å². The standard InChI is InChI=1S/C26H23N3O4/c1-16-7-9-18(10-8-16)23-24(28-20-13-11-19(12-14-20)27-17(2)30)26(32)29(25(23)31)21-5-4-6-22(15-21)33-3/h4-15,28H,1-3H3,(H,27,30). The quantitative estimate of drug-likeness (QED) is 0.555. The molecular formula is C26H23N3O4. The van der Waals surface area contributed by atoms with Gasteiger partial charge in [0.1, 0.15) is 11.4 Å². The number of hydrogen-bond acceptors (Lipinski definition) is 5. The van der Waals surface area contributed by atoms with Crippen molar-refractivity contribution in [3.63, 3.8) is 0 Å². The van der Waals surface area contributed by atoms with Gasteiger partial charge in [0.05, 0.1) is 18.4 Å². The summed E-state index contributed by atoms with van der Waals surface area (Å²) >= 11 is 0. The number of benzene rings is 3. The van der Waals surface area contributed by atoms with E-state index in [4.69, 9.17) is 4.74 Å². The van der Waals surface area contributed by atoms with Crippen molar-refractivity contribution in [1.82, 2.24) is 0 Å². The molecular weight excluding hydrogens is 418 g/mol. The van der Waals surface area contributed by atoms with E-state index in [1.807, 2.05) is 31.2 Å². The number of rotatable bonds is 6. The third-order valence-electron chi connectivity index (χ3n) is 5.21. The molecule has 1 aliphatic rings. The Morgan fingerprint density at radius 3 is 2.18 bits per heavy atom. The highest BCUT2D eigenvalue weighted by atomic mass is 16.5. The Balaban J connectivity index is 1.75. The van der Waals surface area contributed by atoms with Crippen LogP contribution in [0.1, 0.15) is 18.1 Å². The highest BCUT2D eigenvalue weighted by molar-refractivity contribution is 6.46. The zero-order chi connectivity index (χ0) is 23.5. The van der Waals surface area contributed by atoms with Gasteiger partial charge in [0.25, 0.3) is 11.8 Å². The monoisotopic (exact) mass is 441 g/mol. The molecule has 7 nitrogen and oxygen atoms in total. The van der Waals surface area contributed by atoms with E-state index in [1.54, 1.807) is 48.5 Å². The molecule has 0 unspecified atom stereocenters. The molecule has 0 aromatic heterocycles. The smallest absolute Gasteiger partial charge is 0.282 e. The van der Waals surface area contributed by atoms with Gasteiger partial charge < -0.3 is 15.4 Å². The van der Waals surface area contributed by atoms with Crippen LogP contribution >= 0.6 is 0 Å². The van der Waals surface area contributed by atoms with Gasteiger partial charge in [-0.25, -0.2) is 4.90 Å². The van der Waals surface area contributed by atoms with Gasteiger partial charge in [-0.3, -0.25) is 14.4 Å². The molecule has 7 heteroatoms. The number of amides is 3. The average Bonchev–Trinajstić information content (AvgIpc) is 3.04. The summed E-state index contributed by atoms with van der Waals surface area (Å²) in [5.74, 6) is -0.519. The summed E-state index contributed by atoms with van der Waals surface area (Å²) < 4.78 is 5.26. The maximum absolute atomic E-state index is 13.5. The summed E-state index contributed by atoms with van der Waals surface area (Å²) in [7, 11) is 1.53. The third kappa shape index (κ3) is 4.48. The van der Waals surface area contributed by atoms with Crippen LogP contribution in [-0.4, -0.2) is 24.8 Å². The molecule has 166 valence electrons. The van der Waals surface area contributed by atoms with Crippen LogP contribution in [0.4, 0.5) is 17.1 Å². The second kappa shape index (κ2) is 9.00. The zero-order valence-electron chi connectivity index (χ0n) is 18.5. The molecule has 0 saturated heterocycles. The second-order valence-corrected chi connectivity index (χ2v) is 7.65. The Morgan fingerprint density at radius 1 is 0.879 bits per heavy atom. The zero-order valence-corrected chi connectivity index (χ0v) is 18.5. The molecule has 3 aromatic carbocycles. The van der Waals surface area contributed by atoms with E-state index in [1.165, 1.54) is 14.0 Å². The number of nitrogens with one attached hydrogen (secondary N) is 2. The molecule has 0 radical (unpaired) electrons. The van der Waals surface area contributed by atoms with E-state index in [0.717, 1.165) is 10.5 Å². The van der Waals surface area contributed by atoms with Crippen molar-refractivity contribution in [3.8, 4) is 5.75 Å². The Bertz CT molecular complexity index is 1260. The second-order valence-electron chi connectivity index (χ2n) is 7.65. The Labute approximate surface area is 191 Å². The van der Waals surface area contributed by atoms with Gasteiger partial charge in [-0.15, -0.1) is 0 Å². The molecule has 0 spiro atoms. The van der Waals surface area contributed by atoms with E-state index in [9.17, 15) is 14.4 Å². The number of nitrogens with zero attached hydrogens (tertiary/aromatic N) is 1. The fraction of sp³-hybridized carbons (Fsp3) is 0.115. The maximum Gasteiger partial charge on any atom is 0.282 e. The molecule has 0 atom stereocenters. The summed E-state index contributed by atoms with van der Waals surface area (Å²) in [6.45, 7) is 3.39. The minimum absolute atomic E-state index is 0.175. The van der Waals surface area contributed by atoms with E-state index in [-0.39, 0.29) is 17.2 Å². The number of anilines is 3. The molecule has 3 aromatic rings. The van der Waals surface area contributed by atoms with Gasteiger partial charge >= 0.3 is 0 Å². The van der Waals surface area contributed by atoms with Crippen molar-refractivity contribution in [2.45, 2.75) is 13.8 Å². The molecule has 1 heterocycles. The molecule has 1 aliphatic heterocycles. The van der Waals surface area contributed by atoms with Crippen LogP contribution in [0.3, 0.4) is 0 Å². The van der Waals surface area contributed by atoms with Gasteiger partial charge in [-0.05, 0) is 48.9 Å². The number of hydrogen-bond donors (Lipinski definition) is 2. The molecule has 0 fully saturated rings. The van der Waals surface area contributed by atoms with E-state index in [0.29, 0.717) is 28.4 Å². The highest BCUT2D eigenvalue weighted by Gasteiger charge is 2.40. The Hall–Kier alpha value is -4.39. The van der Waals surface area contributed by atoms with Crippen molar-refractivity contribution in [1.29, 1.82) is 0 Å². The van der Waals surface area contributed by atoms with Crippen molar-refractivity contribution in [3.05, 3.63) is 89.6 Å². The van der Waals surface area contributed by atoms with Crippen LogP contribution in [0.25, 0.3) is 5.57 Å². The number of methoxy groups -OCH3 is 1. The largest absolute Gasteiger partial charge is 0.497 e. The molecule has 33 heavy (non-hydrogen) atoms. The Kier molecular flexibility index (Phi) is 5.95. The fourth-order valence-corrected chi connectivity index (χ4v) is 3.60. The van der Waals surface area contributed by atoms with Crippen molar-refractivity contribution in [2.75, 3.05) is 22.6 Å². The lowest BCUT2D eigenvalue weighted by Crippen LogP contribution is -2.32. The van der Waals surface area contributed by atoms with Crippen LogP contribution in [0.15, 0.2) is 78.5 Å². The predicted octanol–water partition coefficient (Wildman–Crippen LogP) is 4.36. The van der Waals surface area contributed by atoms with Crippen molar-refractivity contribution >= 4 is 40.4 Å². The fourth-order valence-electron chi connectivity index (χ4n) is 3.60. The highest BCUT2D eigenvalue weighted by Crippen LogP contribution is 2.35. The Morgan fingerprint density at radius 2 is 1.55 bits per heavy atom. The molecule has 2 N–H and O–H groups in total. The van der Waals surface area contributed by atoms with Gasteiger partial charge in [0.2, 0.25) is 5.91 Å². The molecule has 0 bridgehead atoms. The van der Waals surface area contributed by atoms with Crippen molar-refractivity contribution in [2.24, 2.45) is 0 Å². The first-order chi connectivity index (χ1) is 15.9. The SMILES string of the molecule is COc1cccc(N2C(=O)C(Nc3ccc(NC(C)=O)cc3)=C(c3ccc(C)cc3)C2=O)c1. The van der Waals surface area contributed by atoms with E-state index >= 15 is 0 Å². The predicted molar refractivity (Wildman–Crippen MR) is 128 cm³/mol. The number of carbonyl (C=O) groups is 3. The molecule has 0 aliphatic carbocycles. The molecule has 4 rings (SSSR count). The summed E-state index contributed by atoms with van der Waals surface area (Å²) in [5, 5.41) is 5.82. The minimum Gasteiger partial charge on any atom is -0.497 e. The lowest BCUT2D eigenvalue weighted by Gasteiger charge is -2.16. The molecule has 0 saturated carbocycles. The summed E-state index contributed by atoms with van der Waals surface area (Å²) in [6, 6.07) is 21.2. The van der Waals surface area contributed by atoms with Gasteiger partial charge in [0.15, 0.2) is 0 Å². The molecule has 3 amide bonds. The summed E-state index contributed by atoms with van der Waals surface area (Å²) in [5.41, 5.74) is 3.81. The normalized spacial score (nSPS) is 13.4. The number of carbonyl (C=O) groups excluding carboxylic acids is 3. The van der Waals surface area contributed by atoms with Crippen LogP contribution in [0, 0.1) is 6.92 Å². The lowest BCUT2D eigenvalue weighted by atomic mass is 10.0. The van der Waals surface area contributed by atoms with Gasteiger partial charge in [-0.2, -0.15) is 0 Å². The van der Waals surface area contributed by atoms with Gasteiger partial charge in [0, 0.05) is 24.4 Å². The number of ether oxygens (including phenoxy) is 1. The van der Waals surface area contributed by atoms with E-state index in [2.05, 4.69) is 10.6 Å². The lowest BCUT2D eigenvalue weighted by molar-refractivity contribution is -0.120. The van der Waals surface area contributed by atoms with Crippen molar-refractivity contribution < 1.29 is 19.1 Å². The topological polar surface area (TPSA) is 87.7 Å². The first-order valence-electron chi connectivity index (χ1n) is 10.4. The minimum atomic E-state index is -0.463. The first-order valence-corrected chi connectivity index (χ1v) is 10.4. The van der Waals surface area contributed by atoms with Crippen LogP contribution < -0.4 is 20.3 Å².